The summed E-state index contributed by atoms with van der Waals surface area (Å²) < 4.78 is 9.46. The number of benzene rings is 1. The Morgan fingerprint density at radius 2 is 2.29 bits per heavy atom. The van der Waals surface area contributed by atoms with Crippen LogP contribution >= 0.6 is 11.6 Å². The predicted octanol–water partition coefficient (Wildman–Crippen LogP) is 2.18. The van der Waals surface area contributed by atoms with Crippen LogP contribution in [0.2, 0.25) is 5.02 Å². The zero-order chi connectivity index (χ0) is 12.6. The molecule has 0 fully saturated rings. The van der Waals surface area contributed by atoms with Crippen molar-refractivity contribution < 1.29 is 18.9 Å². The van der Waals surface area contributed by atoms with E-state index in [0.29, 0.717) is 0 Å². The summed E-state index contributed by atoms with van der Waals surface area (Å²) in [5.74, 6) is -1.08. The second-order valence-corrected chi connectivity index (χ2v) is 3.45. The topological polar surface area (TPSA) is 95.5 Å². The molecule has 0 aliphatic carbocycles. The highest BCUT2D eigenvalue weighted by Crippen LogP contribution is 2.29. The highest BCUT2D eigenvalue weighted by molar-refractivity contribution is 6.35. The lowest BCUT2D eigenvalue weighted by Gasteiger charge is -1.92. The molecule has 1 aromatic heterocycles. The molecule has 0 unspecified atom stereocenters. The van der Waals surface area contributed by atoms with Gasteiger partial charge in [0.1, 0.15) is 5.52 Å². The van der Waals surface area contributed by atoms with Crippen molar-refractivity contribution in [3.63, 3.8) is 0 Å². The third-order valence-corrected chi connectivity index (χ3v) is 2.28. The lowest BCUT2D eigenvalue weighted by Crippen LogP contribution is -2.00. The summed E-state index contributed by atoms with van der Waals surface area (Å²) in [6.07, 6.45) is 0. The average Bonchev–Trinajstić information content (AvgIpc) is 2.72. The Balaban J connectivity index is 2.64. The third-order valence-electron chi connectivity index (χ3n) is 2.00. The molecule has 0 saturated carbocycles. The maximum Gasteiger partial charge on any atom is 0.394 e. The van der Waals surface area contributed by atoms with E-state index < -0.39 is 10.9 Å². The van der Waals surface area contributed by atoms with Crippen molar-refractivity contribution in [2.24, 2.45) is 0 Å². The first kappa shape index (κ1) is 11.3. The number of hydrogen-bond acceptors (Lipinski definition) is 6. The van der Waals surface area contributed by atoms with E-state index in [1.54, 1.807) is 0 Å². The zero-order valence-corrected chi connectivity index (χ0v) is 9.22. The van der Waals surface area contributed by atoms with Gasteiger partial charge in [-0.05, 0) is 0 Å². The quantitative estimate of drug-likeness (QED) is 0.464. The summed E-state index contributed by atoms with van der Waals surface area (Å²) in [6, 6.07) is 2.29. The first-order chi connectivity index (χ1) is 8.02. The monoisotopic (exact) mass is 256 g/mol. The van der Waals surface area contributed by atoms with Gasteiger partial charge in [0.2, 0.25) is 0 Å². The minimum atomic E-state index is -0.778. The van der Waals surface area contributed by atoms with Crippen LogP contribution in [0.15, 0.2) is 16.5 Å². The number of nitro benzene ring substituents is 1. The molecule has 88 valence electrons. The van der Waals surface area contributed by atoms with E-state index in [9.17, 15) is 14.9 Å². The molecular formula is C9H5ClN2O5. The van der Waals surface area contributed by atoms with Gasteiger partial charge in [-0.2, -0.15) is 0 Å². The molecule has 0 amide bonds. The second kappa shape index (κ2) is 4.02. The van der Waals surface area contributed by atoms with Crippen molar-refractivity contribution in [2.75, 3.05) is 7.11 Å². The number of nitrogens with zero attached hydrogens (tertiary/aromatic N) is 2. The molecule has 0 saturated heterocycles. The van der Waals surface area contributed by atoms with Crippen molar-refractivity contribution in [1.29, 1.82) is 0 Å². The Hall–Kier alpha value is -2.15. The number of hydrogen-bond donors (Lipinski definition) is 0. The van der Waals surface area contributed by atoms with Gasteiger partial charge in [0, 0.05) is 12.1 Å². The van der Waals surface area contributed by atoms with E-state index in [1.807, 2.05) is 0 Å². The van der Waals surface area contributed by atoms with E-state index in [1.165, 1.54) is 7.11 Å². The summed E-state index contributed by atoms with van der Waals surface area (Å²) in [6.45, 7) is 0. The molecule has 0 spiro atoms. The lowest BCUT2D eigenvalue weighted by atomic mass is 10.3. The number of methoxy groups -OCH3 is 1. The first-order valence-corrected chi connectivity index (χ1v) is 4.73. The Morgan fingerprint density at radius 3 is 2.88 bits per heavy atom. The largest absolute Gasteiger partial charge is 0.462 e. The fourth-order valence-electron chi connectivity index (χ4n) is 1.26. The summed E-state index contributed by atoms with van der Waals surface area (Å²) in [4.78, 5) is 24.9. The summed E-state index contributed by atoms with van der Waals surface area (Å²) in [7, 11) is 1.17. The molecule has 7 nitrogen and oxygen atoms in total. The maximum absolute atomic E-state index is 11.2. The zero-order valence-electron chi connectivity index (χ0n) is 8.47. The minimum absolute atomic E-state index is 0.0110. The van der Waals surface area contributed by atoms with E-state index in [2.05, 4.69) is 9.72 Å². The van der Waals surface area contributed by atoms with Crippen molar-refractivity contribution >= 4 is 34.4 Å². The Morgan fingerprint density at radius 1 is 1.59 bits per heavy atom. The number of nitro groups is 1. The summed E-state index contributed by atoms with van der Waals surface area (Å²) in [5.41, 5.74) is 0.00878. The van der Waals surface area contributed by atoms with Crippen molar-refractivity contribution in [2.45, 2.75) is 0 Å². The smallest absolute Gasteiger partial charge is 0.394 e. The van der Waals surface area contributed by atoms with Gasteiger partial charge in [0.05, 0.1) is 17.1 Å². The molecule has 2 aromatic rings. The molecule has 0 radical (unpaired) electrons. The molecule has 17 heavy (non-hydrogen) atoms. The van der Waals surface area contributed by atoms with Crippen LogP contribution in [0.5, 0.6) is 0 Å². The number of non-ortho nitro benzene ring substituents is 1. The van der Waals surface area contributed by atoms with Crippen molar-refractivity contribution in [1.82, 2.24) is 4.98 Å². The van der Waals surface area contributed by atoms with Crippen LogP contribution in [0.1, 0.15) is 10.7 Å². The lowest BCUT2D eigenvalue weighted by molar-refractivity contribution is -0.384. The normalized spacial score (nSPS) is 10.5. The number of oxazole rings is 1. The fourth-order valence-corrected chi connectivity index (χ4v) is 1.51. The van der Waals surface area contributed by atoms with Crippen LogP contribution in [0.3, 0.4) is 0 Å². The van der Waals surface area contributed by atoms with Gasteiger partial charge in [0.25, 0.3) is 5.69 Å². The fraction of sp³-hybridized carbons (Fsp3) is 0.111. The highest BCUT2D eigenvalue weighted by Gasteiger charge is 2.19. The number of halogens is 1. The average molecular weight is 257 g/mol. The van der Waals surface area contributed by atoms with Crippen LogP contribution in [0, 0.1) is 10.1 Å². The van der Waals surface area contributed by atoms with Gasteiger partial charge in [-0.15, -0.1) is 0 Å². The molecule has 1 heterocycles. The molecule has 0 N–H and O–H groups in total. The van der Waals surface area contributed by atoms with Gasteiger partial charge in [-0.1, -0.05) is 11.6 Å². The third kappa shape index (κ3) is 1.92. The minimum Gasteiger partial charge on any atom is -0.462 e. The number of ether oxygens (including phenoxy) is 1. The maximum atomic E-state index is 11.2. The Labute approximate surface area is 99.1 Å². The summed E-state index contributed by atoms with van der Waals surface area (Å²) >= 11 is 5.78. The van der Waals surface area contributed by atoms with Crippen LogP contribution < -0.4 is 0 Å². The number of esters is 1. The van der Waals surface area contributed by atoms with Gasteiger partial charge >= 0.3 is 11.9 Å². The van der Waals surface area contributed by atoms with Gasteiger partial charge in [-0.25, -0.2) is 9.78 Å². The first-order valence-electron chi connectivity index (χ1n) is 4.35. The number of carbonyl (C=O) groups is 1. The van der Waals surface area contributed by atoms with Crippen LogP contribution in [-0.4, -0.2) is 23.0 Å². The number of aromatic nitrogens is 1. The van der Waals surface area contributed by atoms with E-state index >= 15 is 0 Å². The molecule has 8 heteroatoms. The molecule has 0 atom stereocenters. The molecule has 2 rings (SSSR count). The highest BCUT2D eigenvalue weighted by atomic mass is 35.5. The summed E-state index contributed by atoms with van der Waals surface area (Å²) in [5, 5.41) is 10.6. The second-order valence-electron chi connectivity index (χ2n) is 3.04. The molecule has 0 bridgehead atoms. The van der Waals surface area contributed by atoms with Gasteiger partial charge < -0.3 is 9.15 Å². The number of carbonyl (C=O) groups excluding carboxylic acids is 1. The Bertz CT molecular complexity index is 621. The molecule has 0 aliphatic heterocycles. The van der Waals surface area contributed by atoms with Gasteiger partial charge in [0.15, 0.2) is 5.58 Å². The van der Waals surface area contributed by atoms with Crippen molar-refractivity contribution in [3.05, 3.63) is 33.2 Å². The van der Waals surface area contributed by atoms with E-state index in [0.717, 1.165) is 12.1 Å². The van der Waals surface area contributed by atoms with Crippen LogP contribution in [-0.2, 0) is 4.74 Å². The van der Waals surface area contributed by atoms with Gasteiger partial charge in [-0.3, -0.25) is 10.1 Å². The predicted molar refractivity (Wildman–Crippen MR) is 57.0 cm³/mol. The molecular weight excluding hydrogens is 252 g/mol. The van der Waals surface area contributed by atoms with E-state index in [4.69, 9.17) is 16.0 Å². The van der Waals surface area contributed by atoms with Crippen LogP contribution in [0.4, 0.5) is 5.69 Å². The van der Waals surface area contributed by atoms with Crippen LogP contribution in [0.25, 0.3) is 11.1 Å². The van der Waals surface area contributed by atoms with Crippen molar-refractivity contribution in [3.8, 4) is 0 Å². The number of rotatable bonds is 2. The molecule has 0 aliphatic rings. The SMILES string of the molecule is COC(=O)c1nc2cc([N+](=O)[O-])cc(Cl)c2o1. The van der Waals surface area contributed by atoms with E-state index in [-0.39, 0.29) is 27.7 Å². The Kier molecular flexibility index (Phi) is 2.68. The standard InChI is InChI=1S/C9H5ClN2O5/c1-16-9(13)8-11-6-3-4(12(14)15)2-5(10)7(6)17-8/h2-3H,1H3. The number of fused-ring (bicyclic) bond motifs is 1. The molecule has 1 aromatic carbocycles.